The number of aromatic nitrogens is 4. The van der Waals surface area contributed by atoms with Crippen LogP contribution in [-0.2, 0) is 4.74 Å². The molecule has 7 nitrogen and oxygen atoms in total. The highest BCUT2D eigenvalue weighted by atomic mass is 35.5. The van der Waals surface area contributed by atoms with Gasteiger partial charge in [0.25, 0.3) is 0 Å². The number of nitrogens with zero attached hydrogens (tertiary/aromatic N) is 3. The molecule has 0 saturated heterocycles. The zero-order chi connectivity index (χ0) is 22.1. The number of imidazole rings is 1. The molecule has 2 aromatic heterocycles. The number of carbonyl (C=O) groups is 1. The molecule has 4 rings (SSSR count). The fraction of sp³-hybridized carbons (Fsp3) is 0.174. The second kappa shape index (κ2) is 8.28. The van der Waals surface area contributed by atoms with E-state index in [1.165, 1.54) is 7.11 Å². The number of rotatable bonds is 5. The summed E-state index contributed by atoms with van der Waals surface area (Å²) in [6.45, 7) is 3.93. The van der Waals surface area contributed by atoms with Crippen molar-refractivity contribution in [1.29, 1.82) is 0 Å². The largest absolute Gasteiger partial charge is 0.496 e. The van der Waals surface area contributed by atoms with Crippen molar-refractivity contribution >= 4 is 17.6 Å². The number of aromatic amines is 1. The molecule has 0 amide bonds. The topological polar surface area (TPSA) is 82.0 Å². The summed E-state index contributed by atoms with van der Waals surface area (Å²) < 4.78 is 12.3. The number of para-hydroxylation sites is 1. The van der Waals surface area contributed by atoms with Crippen molar-refractivity contribution in [3.63, 3.8) is 0 Å². The normalized spacial score (nSPS) is 10.9. The van der Waals surface area contributed by atoms with Crippen LogP contribution in [-0.4, -0.2) is 39.9 Å². The van der Waals surface area contributed by atoms with Crippen LogP contribution in [0.5, 0.6) is 5.75 Å². The van der Waals surface area contributed by atoms with E-state index in [2.05, 4.69) is 10.2 Å². The smallest absolute Gasteiger partial charge is 0.337 e. The molecular weight excluding hydrogens is 416 g/mol. The lowest BCUT2D eigenvalue weighted by atomic mass is 10.1. The Balaban J connectivity index is 1.75. The summed E-state index contributed by atoms with van der Waals surface area (Å²) >= 11 is 6.41. The van der Waals surface area contributed by atoms with Crippen molar-refractivity contribution in [2.24, 2.45) is 0 Å². The van der Waals surface area contributed by atoms with Crippen molar-refractivity contribution in [1.82, 2.24) is 19.7 Å². The van der Waals surface area contributed by atoms with Crippen molar-refractivity contribution < 1.29 is 14.3 Å². The van der Waals surface area contributed by atoms with E-state index in [-0.39, 0.29) is 0 Å². The fourth-order valence-corrected chi connectivity index (χ4v) is 3.83. The SMILES string of the molecule is COC(=O)c1ccc(-c2cc(-c3nc(C)n(-c4ccccc4Cl)c3C)[nH]n2)c(OC)c1. The molecule has 1 N–H and O–H groups in total. The predicted molar refractivity (Wildman–Crippen MR) is 119 cm³/mol. The van der Waals surface area contributed by atoms with Crippen LogP contribution in [0.2, 0.25) is 5.02 Å². The van der Waals surface area contributed by atoms with Crippen LogP contribution < -0.4 is 4.74 Å². The molecule has 0 aliphatic heterocycles. The molecule has 4 aromatic rings. The Morgan fingerprint density at radius 2 is 1.87 bits per heavy atom. The Kier molecular flexibility index (Phi) is 5.52. The van der Waals surface area contributed by atoms with Crippen LogP contribution in [0.3, 0.4) is 0 Å². The van der Waals surface area contributed by atoms with Gasteiger partial charge in [0.1, 0.15) is 17.3 Å². The number of halogens is 1. The summed E-state index contributed by atoms with van der Waals surface area (Å²) in [4.78, 5) is 16.5. The van der Waals surface area contributed by atoms with Gasteiger partial charge < -0.3 is 9.47 Å². The van der Waals surface area contributed by atoms with Gasteiger partial charge in [-0.1, -0.05) is 23.7 Å². The zero-order valence-electron chi connectivity index (χ0n) is 17.6. The van der Waals surface area contributed by atoms with Gasteiger partial charge >= 0.3 is 5.97 Å². The van der Waals surface area contributed by atoms with Gasteiger partial charge in [0.05, 0.1) is 41.9 Å². The van der Waals surface area contributed by atoms with Crippen molar-refractivity contribution in [2.45, 2.75) is 13.8 Å². The maximum Gasteiger partial charge on any atom is 0.337 e. The molecule has 8 heteroatoms. The quantitative estimate of drug-likeness (QED) is 0.445. The zero-order valence-corrected chi connectivity index (χ0v) is 18.3. The first-order valence-electron chi connectivity index (χ1n) is 9.58. The molecule has 2 heterocycles. The van der Waals surface area contributed by atoms with Gasteiger partial charge in [-0.2, -0.15) is 5.10 Å². The van der Waals surface area contributed by atoms with Crippen LogP contribution in [0.25, 0.3) is 28.3 Å². The van der Waals surface area contributed by atoms with Crippen molar-refractivity contribution in [3.8, 4) is 34.1 Å². The molecule has 31 heavy (non-hydrogen) atoms. The molecular formula is C23H21ClN4O3. The Bertz CT molecular complexity index is 1280. The molecule has 0 bridgehead atoms. The number of methoxy groups -OCH3 is 2. The van der Waals surface area contributed by atoms with E-state index in [0.717, 1.165) is 34.2 Å². The highest BCUT2D eigenvalue weighted by Gasteiger charge is 2.19. The fourth-order valence-electron chi connectivity index (χ4n) is 3.61. The predicted octanol–water partition coefficient (Wildman–Crippen LogP) is 4.99. The molecule has 0 aliphatic carbocycles. The summed E-state index contributed by atoms with van der Waals surface area (Å²) in [5.74, 6) is 0.913. The third kappa shape index (κ3) is 3.68. The number of ether oxygens (including phenoxy) is 2. The van der Waals surface area contributed by atoms with E-state index in [9.17, 15) is 4.79 Å². The Hall–Kier alpha value is -3.58. The van der Waals surface area contributed by atoms with Crippen LogP contribution in [0.15, 0.2) is 48.5 Å². The molecule has 0 radical (unpaired) electrons. The second-order valence-corrected chi connectivity index (χ2v) is 7.36. The van der Waals surface area contributed by atoms with E-state index >= 15 is 0 Å². The van der Waals surface area contributed by atoms with Crippen LogP contribution in [0.1, 0.15) is 21.9 Å². The Morgan fingerprint density at radius 3 is 2.58 bits per heavy atom. The number of H-pyrrole nitrogens is 1. The molecule has 0 atom stereocenters. The van der Waals surface area contributed by atoms with Gasteiger partial charge in [-0.25, -0.2) is 9.78 Å². The minimum Gasteiger partial charge on any atom is -0.496 e. The summed E-state index contributed by atoms with van der Waals surface area (Å²) in [5, 5.41) is 8.15. The number of carbonyl (C=O) groups excluding carboxylic acids is 1. The average molecular weight is 437 g/mol. The minimum absolute atomic E-state index is 0.406. The summed E-state index contributed by atoms with van der Waals surface area (Å²) in [6.07, 6.45) is 0. The first kappa shape index (κ1) is 20.7. The van der Waals surface area contributed by atoms with Gasteiger partial charge in [0, 0.05) is 11.3 Å². The molecule has 0 unspecified atom stereocenters. The van der Waals surface area contributed by atoms with E-state index < -0.39 is 5.97 Å². The monoisotopic (exact) mass is 436 g/mol. The summed E-state index contributed by atoms with van der Waals surface area (Å²) in [7, 11) is 2.89. The number of hydrogen-bond donors (Lipinski definition) is 1. The molecule has 2 aromatic carbocycles. The number of aryl methyl sites for hydroxylation is 1. The Morgan fingerprint density at radius 1 is 1.10 bits per heavy atom. The molecule has 0 spiro atoms. The minimum atomic E-state index is -0.427. The highest BCUT2D eigenvalue weighted by Crippen LogP contribution is 2.34. The van der Waals surface area contributed by atoms with Gasteiger partial charge in [-0.3, -0.25) is 9.67 Å². The first-order chi connectivity index (χ1) is 14.9. The third-order valence-corrected chi connectivity index (χ3v) is 5.42. The van der Waals surface area contributed by atoms with Gasteiger partial charge in [-0.15, -0.1) is 0 Å². The standard InChI is InChI=1S/C23H21ClN4O3/c1-13-22(25-14(2)28(13)20-8-6-5-7-17(20)24)19-12-18(26-27-19)16-10-9-15(23(29)31-4)11-21(16)30-3/h5-12H,1-4H3,(H,26,27). The van der Waals surface area contributed by atoms with E-state index in [1.807, 2.05) is 48.7 Å². The van der Waals surface area contributed by atoms with Gasteiger partial charge in [-0.05, 0) is 50.2 Å². The lowest BCUT2D eigenvalue weighted by Crippen LogP contribution is -2.02. The van der Waals surface area contributed by atoms with Gasteiger partial charge in [0.15, 0.2) is 0 Å². The van der Waals surface area contributed by atoms with E-state index in [0.29, 0.717) is 22.0 Å². The van der Waals surface area contributed by atoms with Gasteiger partial charge in [0.2, 0.25) is 0 Å². The maximum atomic E-state index is 11.8. The highest BCUT2D eigenvalue weighted by molar-refractivity contribution is 6.32. The third-order valence-electron chi connectivity index (χ3n) is 5.10. The molecule has 0 fully saturated rings. The molecule has 0 aliphatic rings. The van der Waals surface area contributed by atoms with Crippen LogP contribution in [0.4, 0.5) is 0 Å². The lowest BCUT2D eigenvalue weighted by Gasteiger charge is -2.09. The van der Waals surface area contributed by atoms with E-state index in [4.69, 9.17) is 26.1 Å². The van der Waals surface area contributed by atoms with Crippen molar-refractivity contribution in [3.05, 3.63) is 70.6 Å². The maximum absolute atomic E-state index is 11.8. The average Bonchev–Trinajstić information content (AvgIpc) is 3.37. The van der Waals surface area contributed by atoms with E-state index in [1.54, 1.807) is 25.3 Å². The lowest BCUT2D eigenvalue weighted by molar-refractivity contribution is 0.0600. The van der Waals surface area contributed by atoms with Crippen LogP contribution >= 0.6 is 11.6 Å². The second-order valence-electron chi connectivity index (χ2n) is 6.95. The number of benzene rings is 2. The first-order valence-corrected chi connectivity index (χ1v) is 9.95. The molecule has 0 saturated carbocycles. The summed E-state index contributed by atoms with van der Waals surface area (Å²) in [6, 6.07) is 14.7. The summed E-state index contributed by atoms with van der Waals surface area (Å²) in [5.41, 5.74) is 5.18. The number of hydrogen-bond acceptors (Lipinski definition) is 5. The number of esters is 1. The number of nitrogens with one attached hydrogen (secondary N) is 1. The van der Waals surface area contributed by atoms with Crippen molar-refractivity contribution in [2.75, 3.05) is 14.2 Å². The Labute approximate surface area is 184 Å². The molecule has 158 valence electrons. The van der Waals surface area contributed by atoms with Crippen LogP contribution in [0, 0.1) is 13.8 Å².